The zero-order chi connectivity index (χ0) is 20.3. The minimum absolute atomic E-state index is 0.0651. The molecule has 4 aromatic rings. The number of hydrogen-bond donors (Lipinski definition) is 1. The monoisotopic (exact) mass is 416 g/mol. The lowest BCUT2D eigenvalue weighted by molar-refractivity contribution is 0.175. The average Bonchev–Trinajstić information content (AvgIpc) is 3.27. The van der Waals surface area contributed by atoms with Gasteiger partial charge in [0.05, 0.1) is 28.3 Å². The number of rotatable bonds is 1. The first kappa shape index (κ1) is 17.9. The maximum Gasteiger partial charge on any atom is 0.257 e. The largest absolute Gasteiger partial charge is 0.472 e. The van der Waals surface area contributed by atoms with E-state index in [1.54, 1.807) is 26.3 Å². The lowest BCUT2D eigenvalue weighted by Gasteiger charge is -2.10. The quantitative estimate of drug-likeness (QED) is 0.513. The summed E-state index contributed by atoms with van der Waals surface area (Å²) in [5, 5.41) is 13.2. The standard InChI is InChI=1S/C18H18ClFN8O/c1-9-4-14(26(3)24-9)28-10(2)15-17(25-28)29-8-11(20)6-27-7-13(19)12-5-21-18(22-15)23-16(12)27/h4-5,7,11H,6,8H2,1-3H3,(H,21,22,23)/t11-/m1/s1. The minimum atomic E-state index is -1.27. The van der Waals surface area contributed by atoms with Crippen molar-refractivity contribution in [3.63, 3.8) is 0 Å². The smallest absolute Gasteiger partial charge is 0.257 e. The van der Waals surface area contributed by atoms with Gasteiger partial charge in [0.2, 0.25) is 5.95 Å². The number of alkyl halides is 1. The molecule has 5 rings (SSSR count). The molecule has 4 aromatic heterocycles. The third kappa shape index (κ3) is 2.91. The normalized spacial score (nSPS) is 16.4. The van der Waals surface area contributed by atoms with Crippen LogP contribution < -0.4 is 10.1 Å². The molecule has 0 aliphatic carbocycles. The van der Waals surface area contributed by atoms with E-state index in [0.29, 0.717) is 27.7 Å². The van der Waals surface area contributed by atoms with Gasteiger partial charge in [0, 0.05) is 25.5 Å². The number of ether oxygens (including phenoxy) is 1. The fourth-order valence-electron chi connectivity index (χ4n) is 3.51. The van der Waals surface area contributed by atoms with Crippen LogP contribution in [0.1, 0.15) is 11.4 Å². The van der Waals surface area contributed by atoms with Crippen LogP contribution in [0, 0.1) is 13.8 Å². The molecule has 1 aliphatic rings. The van der Waals surface area contributed by atoms with Gasteiger partial charge < -0.3 is 14.6 Å². The Hall–Kier alpha value is -3.14. The molecular formula is C18H18ClFN8O. The van der Waals surface area contributed by atoms with Crippen molar-refractivity contribution in [2.24, 2.45) is 7.05 Å². The van der Waals surface area contributed by atoms with Crippen LogP contribution in [-0.4, -0.2) is 46.9 Å². The molecule has 0 aromatic carbocycles. The van der Waals surface area contributed by atoms with Crippen molar-refractivity contribution < 1.29 is 9.13 Å². The van der Waals surface area contributed by atoms with Gasteiger partial charge in [0.1, 0.15) is 17.9 Å². The summed E-state index contributed by atoms with van der Waals surface area (Å²) in [4.78, 5) is 8.88. The molecule has 1 atom stereocenters. The summed E-state index contributed by atoms with van der Waals surface area (Å²) < 4.78 is 25.5. The predicted molar refractivity (Wildman–Crippen MR) is 106 cm³/mol. The van der Waals surface area contributed by atoms with Crippen LogP contribution in [0.2, 0.25) is 5.02 Å². The van der Waals surface area contributed by atoms with Gasteiger partial charge in [-0.3, -0.25) is 4.68 Å². The number of nitrogens with zero attached hydrogens (tertiary/aromatic N) is 7. The summed E-state index contributed by atoms with van der Waals surface area (Å²) in [6.07, 6.45) is 2.01. The highest BCUT2D eigenvalue weighted by Gasteiger charge is 2.23. The number of aromatic nitrogens is 7. The van der Waals surface area contributed by atoms with Crippen LogP contribution in [0.4, 0.5) is 16.0 Å². The Kier molecular flexibility index (Phi) is 3.98. The highest BCUT2D eigenvalue weighted by atomic mass is 35.5. The molecule has 150 valence electrons. The highest BCUT2D eigenvalue weighted by molar-refractivity contribution is 6.35. The molecular weight excluding hydrogens is 399 g/mol. The lowest BCUT2D eigenvalue weighted by atomic mass is 10.3. The van der Waals surface area contributed by atoms with Gasteiger partial charge in [-0.1, -0.05) is 11.6 Å². The Morgan fingerprint density at radius 1 is 1.31 bits per heavy atom. The number of halogens is 2. The molecule has 0 spiro atoms. The molecule has 0 saturated heterocycles. The van der Waals surface area contributed by atoms with E-state index in [4.69, 9.17) is 16.3 Å². The van der Waals surface area contributed by atoms with Gasteiger partial charge in [-0.15, -0.1) is 5.10 Å². The fourth-order valence-corrected chi connectivity index (χ4v) is 3.77. The van der Waals surface area contributed by atoms with Gasteiger partial charge in [-0.2, -0.15) is 10.1 Å². The van der Waals surface area contributed by atoms with Crippen LogP contribution >= 0.6 is 11.6 Å². The number of nitrogens with one attached hydrogen (secondary N) is 1. The van der Waals surface area contributed by atoms with E-state index in [9.17, 15) is 4.39 Å². The van der Waals surface area contributed by atoms with Gasteiger partial charge in [0.15, 0.2) is 12.0 Å². The van der Waals surface area contributed by atoms with E-state index >= 15 is 0 Å². The minimum Gasteiger partial charge on any atom is -0.472 e. The summed E-state index contributed by atoms with van der Waals surface area (Å²) in [6, 6.07) is 1.91. The zero-order valence-corrected chi connectivity index (χ0v) is 16.8. The topological polar surface area (TPSA) is 87.6 Å². The van der Waals surface area contributed by atoms with Crippen LogP contribution in [0.3, 0.4) is 0 Å². The second kappa shape index (κ2) is 6.45. The molecule has 29 heavy (non-hydrogen) atoms. The first-order valence-corrected chi connectivity index (χ1v) is 9.44. The first-order chi connectivity index (χ1) is 13.9. The maximum absolute atomic E-state index is 14.7. The van der Waals surface area contributed by atoms with Crippen molar-refractivity contribution in [1.29, 1.82) is 0 Å². The van der Waals surface area contributed by atoms with E-state index in [1.165, 1.54) is 0 Å². The Morgan fingerprint density at radius 3 is 2.90 bits per heavy atom. The Morgan fingerprint density at radius 2 is 2.14 bits per heavy atom. The van der Waals surface area contributed by atoms with Crippen molar-refractivity contribution in [2.45, 2.75) is 26.6 Å². The second-order valence-electron chi connectivity index (χ2n) is 7.04. The van der Waals surface area contributed by atoms with Crippen LogP contribution in [0.25, 0.3) is 16.9 Å². The average molecular weight is 417 g/mol. The molecule has 0 unspecified atom stereocenters. The van der Waals surface area contributed by atoms with Crippen molar-refractivity contribution in [3.8, 4) is 11.7 Å². The molecule has 2 bridgehead atoms. The number of aryl methyl sites for hydroxylation is 2. The molecule has 5 heterocycles. The SMILES string of the molecule is Cc1cc(-n2nc3c(c2C)Nc2ncc4c(Cl)cn(c4n2)C[C@@H](F)CO3)n(C)n1. The van der Waals surface area contributed by atoms with Crippen LogP contribution in [0.5, 0.6) is 5.88 Å². The van der Waals surface area contributed by atoms with Gasteiger partial charge in [-0.25, -0.2) is 14.1 Å². The Labute approximate surface area is 170 Å². The van der Waals surface area contributed by atoms with E-state index in [0.717, 1.165) is 17.2 Å². The molecule has 11 heteroatoms. The van der Waals surface area contributed by atoms with Crippen molar-refractivity contribution in [1.82, 2.24) is 34.1 Å². The number of fused-ring (bicyclic) bond motifs is 2. The summed E-state index contributed by atoms with van der Waals surface area (Å²) >= 11 is 6.25. The summed E-state index contributed by atoms with van der Waals surface area (Å²) in [7, 11) is 1.84. The molecule has 9 nitrogen and oxygen atoms in total. The third-order valence-corrected chi connectivity index (χ3v) is 5.18. The third-order valence-electron chi connectivity index (χ3n) is 4.88. The number of hydrogen-bond acceptors (Lipinski definition) is 6. The summed E-state index contributed by atoms with van der Waals surface area (Å²) in [5.74, 6) is 1.38. The number of anilines is 2. The second-order valence-corrected chi connectivity index (χ2v) is 7.45. The van der Waals surface area contributed by atoms with E-state index in [2.05, 4.69) is 25.5 Å². The van der Waals surface area contributed by atoms with E-state index in [-0.39, 0.29) is 19.0 Å². The first-order valence-electron chi connectivity index (χ1n) is 9.06. The maximum atomic E-state index is 14.7. The molecule has 0 amide bonds. The van der Waals surface area contributed by atoms with Crippen molar-refractivity contribution >= 4 is 34.3 Å². The summed E-state index contributed by atoms with van der Waals surface area (Å²) in [6.45, 7) is 3.70. The fraction of sp³-hybridized carbons (Fsp3) is 0.333. The van der Waals surface area contributed by atoms with E-state index < -0.39 is 6.17 Å². The molecule has 0 radical (unpaired) electrons. The molecule has 1 N–H and O–H groups in total. The highest BCUT2D eigenvalue weighted by Crippen LogP contribution is 2.33. The van der Waals surface area contributed by atoms with Gasteiger partial charge in [0.25, 0.3) is 5.88 Å². The van der Waals surface area contributed by atoms with Crippen LogP contribution in [-0.2, 0) is 13.6 Å². The molecule has 1 aliphatic heterocycles. The van der Waals surface area contributed by atoms with Gasteiger partial charge >= 0.3 is 0 Å². The van der Waals surface area contributed by atoms with Gasteiger partial charge in [-0.05, 0) is 13.8 Å². The van der Waals surface area contributed by atoms with Crippen molar-refractivity contribution in [3.05, 3.63) is 34.9 Å². The Bertz CT molecular complexity index is 1240. The summed E-state index contributed by atoms with van der Waals surface area (Å²) in [5.41, 5.74) is 2.75. The lowest BCUT2D eigenvalue weighted by Crippen LogP contribution is -2.19. The van der Waals surface area contributed by atoms with Crippen molar-refractivity contribution in [2.75, 3.05) is 11.9 Å². The van der Waals surface area contributed by atoms with E-state index in [1.807, 2.05) is 27.0 Å². The molecule has 0 fully saturated rings. The van der Waals surface area contributed by atoms with Crippen LogP contribution in [0.15, 0.2) is 18.5 Å². The zero-order valence-electron chi connectivity index (χ0n) is 16.0. The predicted octanol–water partition coefficient (Wildman–Crippen LogP) is 3.09. The Balaban J connectivity index is 1.66. The molecule has 0 saturated carbocycles.